The maximum Gasteiger partial charge on any atom is 0.317 e. The van der Waals surface area contributed by atoms with Crippen LogP contribution in [-0.2, 0) is 16.4 Å². The fourth-order valence-corrected chi connectivity index (χ4v) is 4.53. The molecule has 0 radical (unpaired) electrons. The summed E-state index contributed by atoms with van der Waals surface area (Å²) in [5.74, 6) is -0.249. The van der Waals surface area contributed by atoms with Crippen LogP contribution in [0.4, 0.5) is 9.18 Å². The molecule has 1 aromatic carbocycles. The van der Waals surface area contributed by atoms with Crippen molar-refractivity contribution >= 4 is 37.3 Å². The fraction of sp³-hybridized carbons (Fsp3) is 0.357. The largest absolute Gasteiger partial charge is 0.333 e. The van der Waals surface area contributed by atoms with Gasteiger partial charge in [-0.3, -0.25) is 0 Å². The van der Waals surface area contributed by atoms with Crippen molar-refractivity contribution in [2.75, 3.05) is 24.6 Å². The van der Waals surface area contributed by atoms with E-state index in [-0.39, 0.29) is 36.4 Å². The lowest BCUT2D eigenvalue weighted by Gasteiger charge is -2.26. The highest BCUT2D eigenvalue weighted by Crippen LogP contribution is 2.26. The molecule has 1 N–H and O–H groups in total. The summed E-state index contributed by atoms with van der Waals surface area (Å²) in [5.41, 5.74) is 0. The van der Waals surface area contributed by atoms with Gasteiger partial charge in [0, 0.05) is 22.7 Å². The van der Waals surface area contributed by atoms with Gasteiger partial charge in [-0.2, -0.15) is 0 Å². The standard InChI is InChI=1S/C14H15FN2O3S2/c15-11-1-2-13-10(7-11)8-12(21-13)9-16-14(18)17-3-5-22(19,20)6-4-17/h1-2,7-8H,3-6,9H2,(H,16,18). The van der Waals surface area contributed by atoms with Crippen LogP contribution in [0.3, 0.4) is 0 Å². The van der Waals surface area contributed by atoms with Gasteiger partial charge in [0.15, 0.2) is 9.84 Å². The van der Waals surface area contributed by atoms with Crippen LogP contribution in [-0.4, -0.2) is 43.9 Å². The number of carbonyl (C=O) groups excluding carboxylic acids is 1. The molecule has 1 aromatic heterocycles. The van der Waals surface area contributed by atoms with E-state index in [0.29, 0.717) is 6.54 Å². The molecule has 2 amide bonds. The topological polar surface area (TPSA) is 66.5 Å². The zero-order valence-electron chi connectivity index (χ0n) is 11.7. The van der Waals surface area contributed by atoms with Gasteiger partial charge in [-0.1, -0.05) is 0 Å². The summed E-state index contributed by atoms with van der Waals surface area (Å²) in [6.45, 7) is 0.806. The Bertz CT molecular complexity index is 803. The number of sulfone groups is 1. The SMILES string of the molecule is O=C(NCc1cc2cc(F)ccc2s1)N1CCS(=O)(=O)CC1. The number of nitrogens with one attached hydrogen (secondary N) is 1. The van der Waals surface area contributed by atoms with Gasteiger partial charge < -0.3 is 10.2 Å². The molecular weight excluding hydrogens is 327 g/mol. The summed E-state index contributed by atoms with van der Waals surface area (Å²) in [5, 5.41) is 3.60. The molecular formula is C14H15FN2O3S2. The molecule has 22 heavy (non-hydrogen) atoms. The van der Waals surface area contributed by atoms with Gasteiger partial charge in [-0.05, 0) is 29.7 Å². The van der Waals surface area contributed by atoms with Crippen LogP contribution in [0.2, 0.25) is 0 Å². The number of halogens is 1. The molecule has 0 unspecified atom stereocenters. The fourth-order valence-electron chi connectivity index (χ4n) is 2.35. The van der Waals surface area contributed by atoms with Crippen molar-refractivity contribution in [3.05, 3.63) is 35.0 Å². The summed E-state index contributed by atoms with van der Waals surface area (Å²) < 4.78 is 36.8. The van der Waals surface area contributed by atoms with Gasteiger partial charge in [0.1, 0.15) is 5.82 Å². The predicted octanol–water partition coefficient (Wildman–Crippen LogP) is 1.98. The number of thiophene rings is 1. The first-order chi connectivity index (χ1) is 10.4. The minimum atomic E-state index is -2.99. The smallest absolute Gasteiger partial charge is 0.317 e. The van der Waals surface area contributed by atoms with E-state index < -0.39 is 9.84 Å². The van der Waals surface area contributed by atoms with Crippen LogP contribution in [0.1, 0.15) is 4.88 Å². The molecule has 1 saturated heterocycles. The molecule has 0 saturated carbocycles. The zero-order chi connectivity index (χ0) is 15.7. The molecule has 0 spiro atoms. The molecule has 5 nitrogen and oxygen atoms in total. The van der Waals surface area contributed by atoms with Crippen molar-refractivity contribution in [2.24, 2.45) is 0 Å². The van der Waals surface area contributed by atoms with E-state index in [2.05, 4.69) is 5.32 Å². The average Bonchev–Trinajstić information content (AvgIpc) is 2.86. The van der Waals surface area contributed by atoms with Crippen LogP contribution in [0.15, 0.2) is 24.3 Å². The molecule has 1 aliphatic heterocycles. The molecule has 0 bridgehead atoms. The van der Waals surface area contributed by atoms with Crippen LogP contribution in [0, 0.1) is 5.82 Å². The van der Waals surface area contributed by atoms with Gasteiger partial charge in [0.25, 0.3) is 0 Å². The highest BCUT2D eigenvalue weighted by Gasteiger charge is 2.24. The van der Waals surface area contributed by atoms with E-state index in [1.807, 2.05) is 6.07 Å². The molecule has 8 heteroatoms. The third-order valence-electron chi connectivity index (χ3n) is 3.57. The van der Waals surface area contributed by atoms with E-state index in [9.17, 15) is 17.6 Å². The first-order valence-electron chi connectivity index (χ1n) is 6.84. The molecule has 1 aliphatic rings. The number of hydrogen-bond acceptors (Lipinski definition) is 4. The number of hydrogen-bond donors (Lipinski definition) is 1. The van der Waals surface area contributed by atoms with Gasteiger partial charge in [-0.25, -0.2) is 17.6 Å². The van der Waals surface area contributed by atoms with Gasteiger partial charge in [0.05, 0.1) is 18.1 Å². The molecule has 0 atom stereocenters. The maximum atomic E-state index is 13.1. The lowest BCUT2D eigenvalue weighted by atomic mass is 10.2. The summed E-state index contributed by atoms with van der Waals surface area (Å²) >= 11 is 1.50. The van der Waals surface area contributed by atoms with E-state index in [0.717, 1.165) is 15.0 Å². The van der Waals surface area contributed by atoms with Crippen molar-refractivity contribution in [1.29, 1.82) is 0 Å². The Kier molecular flexibility index (Phi) is 4.05. The van der Waals surface area contributed by atoms with E-state index in [1.165, 1.54) is 28.4 Å². The zero-order valence-corrected chi connectivity index (χ0v) is 13.3. The second-order valence-electron chi connectivity index (χ2n) is 5.19. The van der Waals surface area contributed by atoms with E-state index in [4.69, 9.17) is 0 Å². The number of carbonyl (C=O) groups is 1. The number of urea groups is 1. The first kappa shape index (κ1) is 15.2. The normalized spacial score (nSPS) is 17.6. The monoisotopic (exact) mass is 342 g/mol. The third-order valence-corrected chi connectivity index (χ3v) is 6.30. The average molecular weight is 342 g/mol. The summed E-state index contributed by atoms with van der Waals surface area (Å²) in [7, 11) is -2.99. The van der Waals surface area contributed by atoms with Crippen molar-refractivity contribution in [2.45, 2.75) is 6.54 Å². The van der Waals surface area contributed by atoms with Crippen LogP contribution >= 0.6 is 11.3 Å². The molecule has 3 rings (SSSR count). The van der Waals surface area contributed by atoms with Crippen LogP contribution < -0.4 is 5.32 Å². The number of amides is 2. The Morgan fingerprint density at radius 3 is 2.73 bits per heavy atom. The molecule has 2 aromatic rings. The third kappa shape index (κ3) is 3.38. The number of rotatable bonds is 2. The van der Waals surface area contributed by atoms with Gasteiger partial charge in [0.2, 0.25) is 0 Å². The van der Waals surface area contributed by atoms with Crippen LogP contribution in [0.5, 0.6) is 0 Å². The molecule has 118 valence electrons. The van der Waals surface area contributed by atoms with E-state index in [1.54, 1.807) is 6.07 Å². The Hall–Kier alpha value is -1.67. The lowest BCUT2D eigenvalue weighted by molar-refractivity contribution is 0.202. The second-order valence-corrected chi connectivity index (χ2v) is 8.66. The van der Waals surface area contributed by atoms with Crippen molar-refractivity contribution in [3.8, 4) is 0 Å². The van der Waals surface area contributed by atoms with E-state index >= 15 is 0 Å². The minimum Gasteiger partial charge on any atom is -0.333 e. The van der Waals surface area contributed by atoms with Crippen molar-refractivity contribution < 1.29 is 17.6 Å². The Morgan fingerprint density at radius 2 is 2.00 bits per heavy atom. The maximum absolute atomic E-state index is 13.1. The summed E-state index contributed by atoms with van der Waals surface area (Å²) in [4.78, 5) is 14.5. The van der Waals surface area contributed by atoms with Gasteiger partial charge in [-0.15, -0.1) is 11.3 Å². The van der Waals surface area contributed by atoms with Crippen molar-refractivity contribution in [3.63, 3.8) is 0 Å². The highest BCUT2D eigenvalue weighted by atomic mass is 32.2. The number of fused-ring (bicyclic) bond motifs is 1. The van der Waals surface area contributed by atoms with Crippen LogP contribution in [0.25, 0.3) is 10.1 Å². The summed E-state index contributed by atoms with van der Waals surface area (Å²) in [6.07, 6.45) is 0. The molecule has 2 heterocycles. The minimum absolute atomic E-state index is 0.0165. The first-order valence-corrected chi connectivity index (χ1v) is 9.48. The number of nitrogens with zero attached hydrogens (tertiary/aromatic N) is 1. The summed E-state index contributed by atoms with van der Waals surface area (Å²) in [6, 6.07) is 6.18. The Labute approximate surface area is 131 Å². The Balaban J connectivity index is 1.60. The number of benzene rings is 1. The molecule has 1 fully saturated rings. The Morgan fingerprint density at radius 1 is 1.27 bits per heavy atom. The predicted molar refractivity (Wildman–Crippen MR) is 84.2 cm³/mol. The molecule has 0 aliphatic carbocycles. The van der Waals surface area contributed by atoms with Gasteiger partial charge >= 0.3 is 6.03 Å². The highest BCUT2D eigenvalue weighted by molar-refractivity contribution is 7.91. The second kappa shape index (κ2) is 5.85. The lowest BCUT2D eigenvalue weighted by Crippen LogP contribution is -2.47. The quantitative estimate of drug-likeness (QED) is 0.907. The van der Waals surface area contributed by atoms with Crippen molar-refractivity contribution in [1.82, 2.24) is 10.2 Å².